The summed E-state index contributed by atoms with van der Waals surface area (Å²) in [6.45, 7) is 6.58. The first-order valence-electron chi connectivity index (χ1n) is 8.95. The fraction of sp³-hybridized carbons (Fsp3) is 0.450. The zero-order valence-electron chi connectivity index (χ0n) is 14.7. The molecule has 1 aromatic carbocycles. The highest BCUT2D eigenvalue weighted by molar-refractivity contribution is 6.31. The van der Waals surface area contributed by atoms with E-state index < -0.39 is 0 Å². The van der Waals surface area contributed by atoms with Gasteiger partial charge in [0.1, 0.15) is 5.82 Å². The second-order valence-corrected chi connectivity index (χ2v) is 7.06. The average molecular weight is 362 g/mol. The van der Waals surface area contributed by atoms with Crippen LogP contribution in [0.5, 0.6) is 0 Å². The number of likely N-dealkylation sites (N-methyl/N-ethyl adjacent to an activating group) is 1. The smallest absolute Gasteiger partial charge is 0.129 e. The van der Waals surface area contributed by atoms with Gasteiger partial charge in [0.15, 0.2) is 0 Å². The number of aromatic nitrogens is 1. The fourth-order valence-electron chi connectivity index (χ4n) is 3.66. The highest BCUT2D eigenvalue weighted by atomic mass is 35.5. The second-order valence-electron chi connectivity index (χ2n) is 6.66. The normalized spacial score (nSPS) is 18.2. The van der Waals surface area contributed by atoms with Crippen molar-refractivity contribution >= 4 is 11.6 Å². The predicted octanol–water partition coefficient (Wildman–Crippen LogP) is 4.36. The van der Waals surface area contributed by atoms with Crippen molar-refractivity contribution in [2.24, 2.45) is 0 Å². The van der Waals surface area contributed by atoms with Crippen molar-refractivity contribution in [2.45, 2.75) is 38.9 Å². The molecule has 0 bridgehead atoms. The van der Waals surface area contributed by atoms with Crippen molar-refractivity contribution in [3.8, 4) is 0 Å². The van der Waals surface area contributed by atoms with Crippen molar-refractivity contribution in [3.05, 3.63) is 64.7 Å². The van der Waals surface area contributed by atoms with Gasteiger partial charge in [-0.1, -0.05) is 30.7 Å². The van der Waals surface area contributed by atoms with E-state index in [0.29, 0.717) is 23.2 Å². The summed E-state index contributed by atoms with van der Waals surface area (Å²) in [7, 11) is 0. The molecule has 2 heterocycles. The molecule has 3 nitrogen and oxygen atoms in total. The maximum absolute atomic E-state index is 14.3. The molecule has 0 amide bonds. The van der Waals surface area contributed by atoms with Crippen LogP contribution >= 0.6 is 11.6 Å². The Hall–Kier alpha value is -1.49. The molecule has 1 aromatic heterocycles. The van der Waals surface area contributed by atoms with Crippen LogP contribution in [0, 0.1) is 5.82 Å². The van der Waals surface area contributed by atoms with Crippen LogP contribution in [0.15, 0.2) is 42.7 Å². The maximum Gasteiger partial charge on any atom is 0.129 e. The minimum atomic E-state index is -0.234. The lowest BCUT2D eigenvalue weighted by atomic mass is 10.1. The molecule has 0 unspecified atom stereocenters. The van der Waals surface area contributed by atoms with Crippen molar-refractivity contribution in [1.29, 1.82) is 0 Å². The van der Waals surface area contributed by atoms with E-state index in [2.05, 4.69) is 27.8 Å². The number of halogens is 2. The topological polar surface area (TPSA) is 19.4 Å². The van der Waals surface area contributed by atoms with Crippen molar-refractivity contribution in [3.63, 3.8) is 0 Å². The molecule has 0 spiro atoms. The molecular weight excluding hydrogens is 337 g/mol. The first-order chi connectivity index (χ1) is 12.2. The molecule has 1 fully saturated rings. The van der Waals surface area contributed by atoms with Gasteiger partial charge < -0.3 is 0 Å². The van der Waals surface area contributed by atoms with Crippen LogP contribution in [0.2, 0.25) is 5.02 Å². The molecule has 1 saturated heterocycles. The number of hydrogen-bond donors (Lipinski definition) is 0. The molecule has 5 heteroatoms. The molecule has 0 saturated carbocycles. The van der Waals surface area contributed by atoms with Gasteiger partial charge in [0, 0.05) is 48.7 Å². The largest absolute Gasteiger partial charge is 0.299 e. The molecule has 0 radical (unpaired) electrons. The van der Waals surface area contributed by atoms with E-state index in [9.17, 15) is 4.39 Å². The Balaban J connectivity index is 1.78. The minimum Gasteiger partial charge on any atom is -0.299 e. The van der Waals surface area contributed by atoms with Gasteiger partial charge in [-0.15, -0.1) is 0 Å². The van der Waals surface area contributed by atoms with E-state index in [1.807, 2.05) is 12.3 Å². The van der Waals surface area contributed by atoms with Gasteiger partial charge in [-0.2, -0.15) is 0 Å². The highest BCUT2D eigenvalue weighted by Gasteiger charge is 2.26. The van der Waals surface area contributed by atoms with Crippen molar-refractivity contribution in [2.75, 3.05) is 19.6 Å². The highest BCUT2D eigenvalue weighted by Crippen LogP contribution is 2.24. The number of nitrogens with zero attached hydrogens (tertiary/aromatic N) is 3. The lowest BCUT2D eigenvalue weighted by Crippen LogP contribution is -2.40. The summed E-state index contributed by atoms with van der Waals surface area (Å²) in [5, 5.41) is 0.495. The Bertz CT molecular complexity index is 660. The Morgan fingerprint density at radius 2 is 2.16 bits per heavy atom. The Morgan fingerprint density at radius 3 is 2.88 bits per heavy atom. The second kappa shape index (κ2) is 8.75. The Morgan fingerprint density at radius 1 is 1.28 bits per heavy atom. The third-order valence-corrected chi connectivity index (χ3v) is 5.30. The molecule has 2 aromatic rings. The van der Waals surface area contributed by atoms with Gasteiger partial charge in [-0.3, -0.25) is 14.8 Å². The molecule has 0 N–H and O–H groups in total. The van der Waals surface area contributed by atoms with Crippen LogP contribution in [0.3, 0.4) is 0 Å². The van der Waals surface area contributed by atoms with Gasteiger partial charge >= 0.3 is 0 Å². The lowest BCUT2D eigenvalue weighted by molar-refractivity contribution is 0.164. The van der Waals surface area contributed by atoms with Crippen LogP contribution in [0.4, 0.5) is 4.39 Å². The third kappa shape index (κ3) is 4.78. The number of rotatable bonds is 7. The van der Waals surface area contributed by atoms with Gasteiger partial charge in [-0.25, -0.2) is 4.39 Å². The Labute approximate surface area is 154 Å². The molecule has 1 aliphatic heterocycles. The SMILES string of the molecule is CCN1CCC[C@@H]1CN(Cc1cccnc1)Cc1c(F)cccc1Cl. The fourth-order valence-corrected chi connectivity index (χ4v) is 3.88. The summed E-state index contributed by atoms with van der Waals surface area (Å²) in [4.78, 5) is 9.01. The summed E-state index contributed by atoms with van der Waals surface area (Å²) in [5.41, 5.74) is 1.71. The first-order valence-corrected chi connectivity index (χ1v) is 9.33. The summed E-state index contributed by atoms with van der Waals surface area (Å²) in [6, 6.07) is 9.43. The van der Waals surface area contributed by atoms with Crippen LogP contribution in [-0.4, -0.2) is 40.5 Å². The summed E-state index contributed by atoms with van der Waals surface area (Å²) in [6.07, 6.45) is 6.08. The van der Waals surface area contributed by atoms with Gasteiger partial charge in [-0.05, 0) is 49.7 Å². The van der Waals surface area contributed by atoms with E-state index in [-0.39, 0.29) is 5.82 Å². The van der Waals surface area contributed by atoms with Crippen LogP contribution in [0.25, 0.3) is 0 Å². The number of likely N-dealkylation sites (tertiary alicyclic amines) is 1. The van der Waals surface area contributed by atoms with E-state index in [1.54, 1.807) is 18.3 Å². The summed E-state index contributed by atoms with van der Waals surface area (Å²) in [5.74, 6) is -0.234. The molecular formula is C20H25ClFN3. The standard InChI is InChI=1S/C20H25ClFN3/c1-2-25-11-5-7-17(25)14-24(13-16-6-4-10-23-12-16)15-18-19(21)8-3-9-20(18)22/h3-4,6,8-10,12,17H,2,5,7,11,13-15H2,1H3/t17-/m1/s1. The summed E-state index contributed by atoms with van der Waals surface area (Å²) >= 11 is 6.26. The van der Waals surface area contributed by atoms with Gasteiger partial charge in [0.2, 0.25) is 0 Å². The predicted molar refractivity (Wildman–Crippen MR) is 100 cm³/mol. The van der Waals surface area contributed by atoms with E-state index >= 15 is 0 Å². The Kier molecular flexibility index (Phi) is 6.40. The van der Waals surface area contributed by atoms with Crippen molar-refractivity contribution in [1.82, 2.24) is 14.8 Å². The lowest BCUT2D eigenvalue weighted by Gasteiger charge is -2.30. The number of benzene rings is 1. The molecule has 3 rings (SSSR count). The van der Waals surface area contributed by atoms with Crippen molar-refractivity contribution < 1.29 is 4.39 Å². The van der Waals surface area contributed by atoms with E-state index in [1.165, 1.54) is 18.9 Å². The monoisotopic (exact) mass is 361 g/mol. The van der Waals surface area contributed by atoms with Gasteiger partial charge in [0.25, 0.3) is 0 Å². The zero-order valence-corrected chi connectivity index (χ0v) is 15.4. The maximum atomic E-state index is 14.3. The average Bonchev–Trinajstić information content (AvgIpc) is 3.06. The molecule has 1 atom stereocenters. The first kappa shape index (κ1) is 18.3. The van der Waals surface area contributed by atoms with Crippen LogP contribution in [-0.2, 0) is 13.1 Å². The summed E-state index contributed by atoms with van der Waals surface area (Å²) < 4.78 is 14.3. The molecule has 25 heavy (non-hydrogen) atoms. The van der Waals surface area contributed by atoms with Crippen LogP contribution < -0.4 is 0 Å². The minimum absolute atomic E-state index is 0.234. The van der Waals surface area contributed by atoms with Gasteiger partial charge in [0.05, 0.1) is 0 Å². The number of hydrogen-bond acceptors (Lipinski definition) is 3. The van der Waals surface area contributed by atoms with E-state index in [0.717, 1.165) is 31.7 Å². The van der Waals surface area contributed by atoms with E-state index in [4.69, 9.17) is 11.6 Å². The third-order valence-electron chi connectivity index (χ3n) is 4.95. The van der Waals surface area contributed by atoms with Crippen LogP contribution in [0.1, 0.15) is 30.9 Å². The zero-order chi connectivity index (χ0) is 17.6. The molecule has 0 aliphatic carbocycles. The quantitative estimate of drug-likeness (QED) is 0.730. The number of pyridine rings is 1. The molecule has 1 aliphatic rings. The molecule has 134 valence electrons.